The molecular formula is C22H27N3O6S. The number of rotatable bonds is 7. The number of hydrogen-bond acceptors (Lipinski definition) is 6. The van der Waals surface area contributed by atoms with Crippen LogP contribution in [0.4, 0.5) is 5.69 Å². The van der Waals surface area contributed by atoms with Gasteiger partial charge in [-0.05, 0) is 43.2 Å². The molecule has 0 bridgehead atoms. The van der Waals surface area contributed by atoms with E-state index in [2.05, 4.69) is 5.32 Å². The molecule has 2 aliphatic rings. The Hall–Kier alpha value is -2.85. The SMILES string of the molecule is COc1ccc(NC(=O)[C@@H]2CC(=O)N(Cc3ccco3)C2)cc1S(=O)(=O)N1CCCCC1. The van der Waals surface area contributed by atoms with Crippen LogP contribution in [-0.4, -0.2) is 56.2 Å². The van der Waals surface area contributed by atoms with Crippen LogP contribution in [-0.2, 0) is 26.2 Å². The van der Waals surface area contributed by atoms with E-state index >= 15 is 0 Å². The maximum absolute atomic E-state index is 13.2. The number of carbonyl (C=O) groups excluding carboxylic acids is 2. The van der Waals surface area contributed by atoms with Gasteiger partial charge in [-0.1, -0.05) is 6.42 Å². The first-order chi connectivity index (χ1) is 15.4. The molecule has 3 heterocycles. The Kier molecular flexibility index (Phi) is 6.52. The van der Waals surface area contributed by atoms with Crippen LogP contribution < -0.4 is 10.1 Å². The minimum atomic E-state index is -3.74. The maximum Gasteiger partial charge on any atom is 0.246 e. The number of nitrogens with zero attached hydrogens (tertiary/aromatic N) is 2. The number of nitrogens with one attached hydrogen (secondary N) is 1. The number of piperidine rings is 1. The Morgan fingerprint density at radius 2 is 2.00 bits per heavy atom. The summed E-state index contributed by atoms with van der Waals surface area (Å²) < 4.78 is 38.4. The lowest BCUT2D eigenvalue weighted by Gasteiger charge is -2.26. The molecule has 32 heavy (non-hydrogen) atoms. The number of hydrogen-bond donors (Lipinski definition) is 1. The molecule has 1 aromatic carbocycles. The van der Waals surface area contributed by atoms with E-state index in [1.54, 1.807) is 29.4 Å². The second-order valence-electron chi connectivity index (χ2n) is 8.07. The van der Waals surface area contributed by atoms with Crippen molar-refractivity contribution >= 4 is 27.5 Å². The van der Waals surface area contributed by atoms with Gasteiger partial charge in [0, 0.05) is 31.7 Å². The Morgan fingerprint density at radius 1 is 1.22 bits per heavy atom. The third-order valence-electron chi connectivity index (χ3n) is 5.88. The number of anilines is 1. The predicted octanol–water partition coefficient (Wildman–Crippen LogP) is 2.45. The highest BCUT2D eigenvalue weighted by Crippen LogP contribution is 2.31. The van der Waals surface area contributed by atoms with Gasteiger partial charge in [0.15, 0.2) is 0 Å². The van der Waals surface area contributed by atoms with Crippen molar-refractivity contribution in [2.24, 2.45) is 5.92 Å². The van der Waals surface area contributed by atoms with E-state index in [-0.39, 0.29) is 35.4 Å². The predicted molar refractivity (Wildman–Crippen MR) is 116 cm³/mol. The molecular weight excluding hydrogens is 434 g/mol. The molecule has 0 spiro atoms. The summed E-state index contributed by atoms with van der Waals surface area (Å²) in [6.45, 7) is 1.53. The van der Waals surface area contributed by atoms with Gasteiger partial charge in [0.1, 0.15) is 16.4 Å². The molecule has 0 radical (unpaired) electrons. The zero-order chi connectivity index (χ0) is 22.7. The molecule has 10 heteroatoms. The number of carbonyl (C=O) groups is 2. The van der Waals surface area contributed by atoms with Gasteiger partial charge in [-0.25, -0.2) is 8.42 Å². The molecule has 2 saturated heterocycles. The van der Waals surface area contributed by atoms with Crippen molar-refractivity contribution in [3.05, 3.63) is 42.4 Å². The van der Waals surface area contributed by atoms with Crippen LogP contribution >= 0.6 is 0 Å². The van der Waals surface area contributed by atoms with E-state index in [4.69, 9.17) is 9.15 Å². The Labute approximate surface area is 187 Å². The monoisotopic (exact) mass is 461 g/mol. The summed E-state index contributed by atoms with van der Waals surface area (Å²) in [5, 5.41) is 2.77. The minimum absolute atomic E-state index is 0.0293. The molecule has 1 atom stereocenters. The zero-order valence-corrected chi connectivity index (χ0v) is 18.8. The summed E-state index contributed by atoms with van der Waals surface area (Å²) in [4.78, 5) is 26.8. The Bertz CT molecular complexity index is 1080. The van der Waals surface area contributed by atoms with E-state index in [0.29, 0.717) is 31.1 Å². The second kappa shape index (κ2) is 9.33. The van der Waals surface area contributed by atoms with Crippen LogP contribution in [0.15, 0.2) is 45.9 Å². The summed E-state index contributed by atoms with van der Waals surface area (Å²) in [5.74, 6) is -0.0884. The lowest BCUT2D eigenvalue weighted by atomic mass is 10.1. The van der Waals surface area contributed by atoms with Gasteiger partial charge >= 0.3 is 0 Å². The average Bonchev–Trinajstić information content (AvgIpc) is 3.44. The molecule has 4 rings (SSSR count). The summed E-state index contributed by atoms with van der Waals surface area (Å²) in [6, 6.07) is 8.10. The number of amides is 2. The van der Waals surface area contributed by atoms with Gasteiger partial charge in [-0.15, -0.1) is 0 Å². The fourth-order valence-electron chi connectivity index (χ4n) is 4.14. The first-order valence-corrected chi connectivity index (χ1v) is 12.1. The van der Waals surface area contributed by atoms with Gasteiger partial charge in [-0.2, -0.15) is 4.31 Å². The minimum Gasteiger partial charge on any atom is -0.495 e. The molecule has 2 fully saturated rings. The smallest absolute Gasteiger partial charge is 0.246 e. The summed E-state index contributed by atoms with van der Waals surface area (Å²) in [5.41, 5.74) is 0.350. The van der Waals surface area contributed by atoms with Crippen molar-refractivity contribution in [3.63, 3.8) is 0 Å². The highest BCUT2D eigenvalue weighted by atomic mass is 32.2. The standard InChI is InChI=1S/C22H27N3O6S/c1-30-19-8-7-17(13-20(19)32(28,29)25-9-3-2-4-10-25)23-22(27)16-12-21(26)24(14-16)15-18-6-5-11-31-18/h5-8,11,13,16H,2-4,9-10,12,14-15H2,1H3,(H,23,27)/t16-/m1/s1. The van der Waals surface area contributed by atoms with Gasteiger partial charge in [0.05, 0.1) is 25.8 Å². The fraction of sp³-hybridized carbons (Fsp3) is 0.455. The van der Waals surface area contributed by atoms with Crippen molar-refractivity contribution in [1.29, 1.82) is 0 Å². The van der Waals surface area contributed by atoms with Crippen molar-refractivity contribution in [3.8, 4) is 5.75 Å². The van der Waals surface area contributed by atoms with Crippen molar-refractivity contribution < 1.29 is 27.2 Å². The van der Waals surface area contributed by atoms with E-state index in [1.807, 2.05) is 0 Å². The van der Waals surface area contributed by atoms with Gasteiger partial charge in [0.25, 0.3) is 0 Å². The lowest BCUT2D eigenvalue weighted by molar-refractivity contribution is -0.128. The number of ether oxygens (including phenoxy) is 1. The van der Waals surface area contributed by atoms with Crippen LogP contribution in [0.25, 0.3) is 0 Å². The summed E-state index contributed by atoms with van der Waals surface area (Å²) in [6.07, 6.45) is 4.29. The summed E-state index contributed by atoms with van der Waals surface area (Å²) >= 11 is 0. The highest BCUT2D eigenvalue weighted by Gasteiger charge is 2.35. The molecule has 2 aromatic rings. The number of sulfonamides is 1. The van der Waals surface area contributed by atoms with E-state index in [9.17, 15) is 18.0 Å². The van der Waals surface area contributed by atoms with E-state index < -0.39 is 15.9 Å². The van der Waals surface area contributed by atoms with E-state index in [0.717, 1.165) is 19.3 Å². The van der Waals surface area contributed by atoms with Crippen LogP contribution in [0, 0.1) is 5.92 Å². The van der Waals surface area contributed by atoms with E-state index in [1.165, 1.54) is 23.5 Å². The fourth-order valence-corrected chi connectivity index (χ4v) is 5.83. The second-order valence-corrected chi connectivity index (χ2v) is 9.98. The Morgan fingerprint density at radius 3 is 2.69 bits per heavy atom. The number of furan rings is 1. The maximum atomic E-state index is 13.2. The Balaban J connectivity index is 1.48. The van der Waals surface area contributed by atoms with Crippen molar-refractivity contribution in [2.75, 3.05) is 32.1 Å². The lowest BCUT2D eigenvalue weighted by Crippen LogP contribution is -2.35. The molecule has 0 unspecified atom stereocenters. The van der Waals surface area contributed by atoms with Gasteiger partial charge in [0.2, 0.25) is 21.8 Å². The quantitative estimate of drug-likeness (QED) is 0.678. The highest BCUT2D eigenvalue weighted by molar-refractivity contribution is 7.89. The first-order valence-electron chi connectivity index (χ1n) is 10.7. The molecule has 1 aromatic heterocycles. The average molecular weight is 462 g/mol. The molecule has 9 nitrogen and oxygen atoms in total. The third kappa shape index (κ3) is 4.66. The third-order valence-corrected chi connectivity index (χ3v) is 7.80. The molecule has 0 saturated carbocycles. The molecule has 1 N–H and O–H groups in total. The van der Waals surface area contributed by atoms with Crippen molar-refractivity contribution in [2.45, 2.75) is 37.1 Å². The largest absolute Gasteiger partial charge is 0.495 e. The molecule has 2 amide bonds. The van der Waals surface area contributed by atoms with Crippen molar-refractivity contribution in [1.82, 2.24) is 9.21 Å². The topological polar surface area (TPSA) is 109 Å². The van der Waals surface area contributed by atoms with Crippen LogP contribution in [0.2, 0.25) is 0 Å². The zero-order valence-electron chi connectivity index (χ0n) is 18.0. The van der Waals surface area contributed by atoms with Crippen LogP contribution in [0.1, 0.15) is 31.4 Å². The molecule has 0 aliphatic carbocycles. The normalized spacial score (nSPS) is 19.8. The molecule has 2 aliphatic heterocycles. The summed E-state index contributed by atoms with van der Waals surface area (Å²) in [7, 11) is -2.33. The molecule has 172 valence electrons. The van der Waals surface area contributed by atoms with Crippen LogP contribution in [0.5, 0.6) is 5.75 Å². The van der Waals surface area contributed by atoms with Gasteiger partial charge in [-0.3, -0.25) is 9.59 Å². The number of likely N-dealkylation sites (tertiary alicyclic amines) is 1. The van der Waals surface area contributed by atoms with Gasteiger partial charge < -0.3 is 19.4 Å². The number of methoxy groups -OCH3 is 1. The first kappa shape index (κ1) is 22.3. The van der Waals surface area contributed by atoms with Crippen LogP contribution in [0.3, 0.4) is 0 Å². The number of benzene rings is 1.